The van der Waals surface area contributed by atoms with Gasteiger partial charge in [0.25, 0.3) is 0 Å². The zero-order chi connectivity index (χ0) is 43.7. The maximum absolute atomic E-state index is 12.6. The van der Waals surface area contributed by atoms with Gasteiger partial charge in [-0.1, -0.05) is 210 Å². The molecule has 0 radical (unpaired) electrons. The van der Waals surface area contributed by atoms with Crippen LogP contribution in [0.15, 0.2) is 60.8 Å². The van der Waals surface area contributed by atoms with E-state index in [9.17, 15) is 14.4 Å². The Labute approximate surface area is 370 Å². The fourth-order valence-corrected chi connectivity index (χ4v) is 6.96. The van der Waals surface area contributed by atoms with Crippen molar-refractivity contribution in [1.29, 1.82) is 0 Å². The van der Waals surface area contributed by atoms with Crippen molar-refractivity contribution < 1.29 is 28.6 Å². The van der Waals surface area contributed by atoms with Gasteiger partial charge in [0.15, 0.2) is 6.10 Å². The summed E-state index contributed by atoms with van der Waals surface area (Å²) in [6.07, 6.45) is 59.8. The van der Waals surface area contributed by atoms with Crippen LogP contribution in [0.25, 0.3) is 0 Å². The van der Waals surface area contributed by atoms with Gasteiger partial charge in [0.05, 0.1) is 0 Å². The summed E-state index contributed by atoms with van der Waals surface area (Å²) < 4.78 is 16.6. The van der Waals surface area contributed by atoms with Crippen molar-refractivity contribution in [3.8, 4) is 0 Å². The summed E-state index contributed by atoms with van der Waals surface area (Å²) in [7, 11) is 0. The smallest absolute Gasteiger partial charge is 0.306 e. The molecular formula is C54H94O6. The van der Waals surface area contributed by atoms with Gasteiger partial charge in [-0.2, -0.15) is 0 Å². The predicted octanol–water partition coefficient (Wildman–Crippen LogP) is 16.5. The third kappa shape index (κ3) is 46.2. The van der Waals surface area contributed by atoms with Gasteiger partial charge >= 0.3 is 17.9 Å². The molecule has 0 aliphatic heterocycles. The van der Waals surface area contributed by atoms with Crippen molar-refractivity contribution >= 4 is 17.9 Å². The molecule has 0 N–H and O–H groups in total. The maximum atomic E-state index is 12.6. The van der Waals surface area contributed by atoms with Gasteiger partial charge in [0.1, 0.15) is 13.2 Å². The van der Waals surface area contributed by atoms with Gasteiger partial charge in [-0.15, -0.1) is 0 Å². The third-order valence-electron chi connectivity index (χ3n) is 10.7. The molecule has 0 spiro atoms. The number of unbranched alkanes of at least 4 members (excludes halogenated alkanes) is 24. The number of ether oxygens (including phenoxy) is 3. The highest BCUT2D eigenvalue weighted by atomic mass is 16.6. The predicted molar refractivity (Wildman–Crippen MR) is 256 cm³/mol. The Balaban J connectivity index is 3.99. The second-order valence-electron chi connectivity index (χ2n) is 16.7. The lowest BCUT2D eigenvalue weighted by atomic mass is 10.0. The largest absolute Gasteiger partial charge is 0.462 e. The lowest BCUT2D eigenvalue weighted by Gasteiger charge is -2.18. The molecule has 0 amide bonds. The molecule has 6 nitrogen and oxygen atoms in total. The summed E-state index contributed by atoms with van der Waals surface area (Å²) in [5.41, 5.74) is 0. The molecule has 0 rings (SSSR count). The molecule has 0 fully saturated rings. The second kappa shape index (κ2) is 48.8. The van der Waals surface area contributed by atoms with Crippen molar-refractivity contribution in [1.82, 2.24) is 0 Å². The van der Waals surface area contributed by atoms with E-state index in [2.05, 4.69) is 81.5 Å². The average Bonchev–Trinajstić information content (AvgIpc) is 3.24. The first-order valence-corrected chi connectivity index (χ1v) is 25.3. The normalized spacial score (nSPS) is 12.5. The van der Waals surface area contributed by atoms with Crippen LogP contribution in [0, 0.1) is 0 Å². The van der Waals surface area contributed by atoms with E-state index in [4.69, 9.17) is 14.2 Å². The van der Waals surface area contributed by atoms with Crippen LogP contribution in [0.1, 0.15) is 245 Å². The highest BCUT2D eigenvalue weighted by molar-refractivity contribution is 5.71. The Morgan fingerprint density at radius 2 is 0.683 bits per heavy atom. The minimum atomic E-state index is -0.771. The zero-order valence-corrected chi connectivity index (χ0v) is 39.5. The maximum Gasteiger partial charge on any atom is 0.306 e. The molecule has 0 saturated carbocycles. The van der Waals surface area contributed by atoms with Crippen LogP contribution in [-0.2, 0) is 28.6 Å². The Kier molecular flexibility index (Phi) is 46.4. The van der Waals surface area contributed by atoms with Crippen molar-refractivity contribution in [2.75, 3.05) is 13.2 Å². The molecule has 0 aromatic heterocycles. The molecule has 0 aliphatic rings. The van der Waals surface area contributed by atoms with Crippen LogP contribution in [0.5, 0.6) is 0 Å². The summed E-state index contributed by atoms with van der Waals surface area (Å²) in [6, 6.07) is 0. The number of carbonyl (C=O) groups is 3. The van der Waals surface area contributed by atoms with Crippen LogP contribution < -0.4 is 0 Å². The standard InChI is InChI=1S/C54H94O6/c1-4-7-10-13-15-17-19-20-21-22-23-24-25-26-27-28-29-30-31-32-33-34-35-37-38-41-44-47-53(56)59-50-51(49-58-52(55)46-43-40-12-9-6-3)60-54(57)48-45-42-39-36-18-16-14-11-8-5-2/h7,10-11,14-15,17,20-21,23-24,51H,4-6,8-9,12-13,16,18-19,22,25-50H2,1-3H3/b10-7-,14-11-,17-15-,21-20-,24-23-. The summed E-state index contributed by atoms with van der Waals surface area (Å²) in [6.45, 7) is 6.37. The Morgan fingerprint density at radius 1 is 0.350 bits per heavy atom. The molecule has 0 aromatic rings. The van der Waals surface area contributed by atoms with Crippen molar-refractivity contribution in [2.24, 2.45) is 0 Å². The Bertz CT molecular complexity index is 1100. The van der Waals surface area contributed by atoms with Gasteiger partial charge in [-0.3, -0.25) is 14.4 Å². The van der Waals surface area contributed by atoms with E-state index in [1.54, 1.807) is 0 Å². The van der Waals surface area contributed by atoms with Crippen LogP contribution in [0.3, 0.4) is 0 Å². The average molecular weight is 839 g/mol. The van der Waals surface area contributed by atoms with E-state index in [1.165, 1.54) is 96.3 Å². The lowest BCUT2D eigenvalue weighted by molar-refractivity contribution is -0.167. The van der Waals surface area contributed by atoms with Crippen molar-refractivity contribution in [2.45, 2.75) is 252 Å². The summed E-state index contributed by atoms with van der Waals surface area (Å²) >= 11 is 0. The molecule has 60 heavy (non-hydrogen) atoms. The quantitative estimate of drug-likeness (QED) is 0.0263. The fourth-order valence-electron chi connectivity index (χ4n) is 6.96. The monoisotopic (exact) mass is 839 g/mol. The number of carbonyl (C=O) groups excluding carboxylic acids is 3. The molecule has 0 aromatic carbocycles. The van der Waals surface area contributed by atoms with Gasteiger partial charge in [-0.05, 0) is 77.0 Å². The molecule has 1 unspecified atom stereocenters. The number of rotatable bonds is 45. The molecule has 0 heterocycles. The number of allylic oxidation sites excluding steroid dienone is 10. The molecule has 0 bridgehead atoms. The zero-order valence-electron chi connectivity index (χ0n) is 39.5. The van der Waals surface area contributed by atoms with E-state index >= 15 is 0 Å². The van der Waals surface area contributed by atoms with Crippen LogP contribution in [-0.4, -0.2) is 37.2 Å². The van der Waals surface area contributed by atoms with Crippen LogP contribution >= 0.6 is 0 Å². The Hall–Kier alpha value is -2.89. The number of esters is 3. The van der Waals surface area contributed by atoms with Gasteiger partial charge in [0, 0.05) is 19.3 Å². The first kappa shape index (κ1) is 57.1. The lowest BCUT2D eigenvalue weighted by Crippen LogP contribution is -2.30. The number of hydrogen-bond donors (Lipinski definition) is 0. The van der Waals surface area contributed by atoms with E-state index in [1.807, 2.05) is 0 Å². The third-order valence-corrected chi connectivity index (χ3v) is 10.7. The first-order valence-electron chi connectivity index (χ1n) is 25.3. The summed E-state index contributed by atoms with van der Waals surface area (Å²) in [4.78, 5) is 37.5. The number of hydrogen-bond acceptors (Lipinski definition) is 6. The topological polar surface area (TPSA) is 78.9 Å². The van der Waals surface area contributed by atoms with Gasteiger partial charge in [-0.25, -0.2) is 0 Å². The SMILES string of the molecule is CC/C=C\C/C=C\C/C=C\C/C=C\CCCCCCCCCCCCCCCCC(=O)OCC(COC(=O)CCCCCCC)OC(=O)CCCCCCC/C=C\CCC. The summed E-state index contributed by atoms with van der Waals surface area (Å²) in [5, 5.41) is 0. The van der Waals surface area contributed by atoms with E-state index < -0.39 is 6.10 Å². The minimum Gasteiger partial charge on any atom is -0.462 e. The molecule has 346 valence electrons. The second-order valence-corrected chi connectivity index (χ2v) is 16.7. The van der Waals surface area contributed by atoms with Gasteiger partial charge < -0.3 is 14.2 Å². The van der Waals surface area contributed by atoms with E-state index in [0.717, 1.165) is 109 Å². The van der Waals surface area contributed by atoms with Crippen molar-refractivity contribution in [3.63, 3.8) is 0 Å². The fraction of sp³-hybridized carbons (Fsp3) is 0.759. The molecule has 1 atom stereocenters. The first-order chi connectivity index (χ1) is 29.5. The minimum absolute atomic E-state index is 0.0768. The van der Waals surface area contributed by atoms with E-state index in [-0.39, 0.29) is 31.1 Å². The highest BCUT2D eigenvalue weighted by Gasteiger charge is 2.19. The van der Waals surface area contributed by atoms with Gasteiger partial charge in [0.2, 0.25) is 0 Å². The molecular weight excluding hydrogens is 745 g/mol. The molecule has 0 saturated heterocycles. The van der Waals surface area contributed by atoms with Crippen LogP contribution in [0.2, 0.25) is 0 Å². The Morgan fingerprint density at radius 3 is 1.10 bits per heavy atom. The molecule has 6 heteroatoms. The highest BCUT2D eigenvalue weighted by Crippen LogP contribution is 2.15. The van der Waals surface area contributed by atoms with E-state index in [0.29, 0.717) is 19.3 Å². The van der Waals surface area contributed by atoms with Crippen LogP contribution in [0.4, 0.5) is 0 Å². The molecule has 0 aliphatic carbocycles. The summed E-state index contributed by atoms with van der Waals surface area (Å²) in [5.74, 6) is -0.901. The van der Waals surface area contributed by atoms with Crippen molar-refractivity contribution in [3.05, 3.63) is 60.8 Å².